The molecule has 3 aromatic heterocycles. The van der Waals surface area contributed by atoms with Gasteiger partial charge in [-0.1, -0.05) is 94.4 Å². The van der Waals surface area contributed by atoms with Gasteiger partial charge in [0, 0.05) is 30.7 Å². The average molecular weight is 515 g/mol. The number of imidazole rings is 3. The van der Waals surface area contributed by atoms with Crippen molar-refractivity contribution >= 4 is 11.0 Å². The molecule has 0 bridgehead atoms. The topological polar surface area (TPSA) is 55.3 Å². The number of hydrogen-bond acceptors (Lipinski definition) is 2. The summed E-state index contributed by atoms with van der Waals surface area (Å²) in [6.07, 6.45) is 10.0. The first-order valence-electron chi connectivity index (χ1n) is 13.6. The summed E-state index contributed by atoms with van der Waals surface area (Å²) in [5, 5.41) is 0. The largest absolute Gasteiger partial charge is 0.339 e. The van der Waals surface area contributed by atoms with Crippen molar-refractivity contribution in [2.75, 3.05) is 0 Å². The summed E-state index contributed by atoms with van der Waals surface area (Å²) >= 11 is 0. The molecule has 0 saturated heterocycles. The molecule has 0 unspecified atom stereocenters. The summed E-state index contributed by atoms with van der Waals surface area (Å²) < 4.78 is 6.35. The van der Waals surface area contributed by atoms with Crippen LogP contribution in [0.2, 0.25) is 0 Å². The predicted molar refractivity (Wildman–Crippen MR) is 155 cm³/mol. The Balaban J connectivity index is 1.33. The number of nitrogens with one attached hydrogen (secondary N) is 1. The van der Waals surface area contributed by atoms with Crippen molar-refractivity contribution in [2.45, 2.75) is 46.0 Å². The zero-order valence-corrected chi connectivity index (χ0v) is 23.2. The Morgan fingerprint density at radius 1 is 0.897 bits per heavy atom. The van der Waals surface area contributed by atoms with Gasteiger partial charge in [0.25, 0.3) is 0 Å². The number of benzene rings is 3. The summed E-state index contributed by atoms with van der Waals surface area (Å²) in [7, 11) is 2.03. The Bertz CT molecular complexity index is 1740. The highest BCUT2D eigenvalue weighted by Crippen LogP contribution is 2.33. The average Bonchev–Trinajstić information content (AvgIpc) is 3.67. The molecule has 196 valence electrons. The molecule has 0 atom stereocenters. The third-order valence-corrected chi connectivity index (χ3v) is 7.36. The van der Waals surface area contributed by atoms with Crippen LogP contribution >= 0.6 is 0 Å². The number of aromatic amines is 1. The molecule has 6 nitrogen and oxygen atoms in total. The summed E-state index contributed by atoms with van der Waals surface area (Å²) in [6, 6.07) is 23.6. The van der Waals surface area contributed by atoms with Gasteiger partial charge in [-0.05, 0) is 28.5 Å². The molecule has 0 fully saturated rings. The lowest BCUT2D eigenvalue weighted by molar-refractivity contribution is -0.649. The van der Waals surface area contributed by atoms with E-state index in [2.05, 4.69) is 115 Å². The lowest BCUT2D eigenvalue weighted by atomic mass is 9.92. The highest BCUT2D eigenvalue weighted by molar-refractivity contribution is 5.73. The zero-order chi connectivity index (χ0) is 27.1. The van der Waals surface area contributed by atoms with E-state index in [4.69, 9.17) is 9.97 Å². The maximum Gasteiger partial charge on any atom is 0.244 e. The van der Waals surface area contributed by atoms with Crippen LogP contribution in [-0.4, -0.2) is 24.1 Å². The van der Waals surface area contributed by atoms with Gasteiger partial charge in [-0.2, -0.15) is 0 Å². The maximum absolute atomic E-state index is 4.76. The Morgan fingerprint density at radius 2 is 1.64 bits per heavy atom. The molecule has 0 aliphatic carbocycles. The van der Waals surface area contributed by atoms with Crippen LogP contribution in [-0.2, 0) is 13.5 Å². The SMILES string of the molecule is CC(C)c1cccc(C(C)C)c1-n1ccnc1-c1ncc(Cc2cccc(-n3[c-][n+](C)c4ccccc43)c2)[nH]1. The second-order valence-corrected chi connectivity index (χ2v) is 10.8. The summed E-state index contributed by atoms with van der Waals surface area (Å²) in [5.74, 6) is 2.39. The van der Waals surface area contributed by atoms with Crippen LogP contribution in [0, 0.1) is 6.33 Å². The normalized spacial score (nSPS) is 11.8. The van der Waals surface area contributed by atoms with E-state index in [1.807, 2.05) is 30.2 Å². The molecule has 0 spiro atoms. The summed E-state index contributed by atoms with van der Waals surface area (Å²) in [6.45, 7) is 8.97. The minimum Gasteiger partial charge on any atom is -0.339 e. The summed E-state index contributed by atoms with van der Waals surface area (Å²) in [5.41, 5.74) is 9.46. The van der Waals surface area contributed by atoms with Crippen LogP contribution in [0.3, 0.4) is 0 Å². The third kappa shape index (κ3) is 4.56. The molecule has 39 heavy (non-hydrogen) atoms. The number of fused-ring (bicyclic) bond motifs is 1. The quantitative estimate of drug-likeness (QED) is 0.191. The number of para-hydroxylation sites is 3. The molecule has 0 saturated carbocycles. The van der Waals surface area contributed by atoms with Crippen molar-refractivity contribution in [3.05, 3.63) is 114 Å². The Labute approximate surface area is 229 Å². The smallest absolute Gasteiger partial charge is 0.244 e. The molecule has 0 aliphatic rings. The van der Waals surface area contributed by atoms with E-state index in [1.165, 1.54) is 22.4 Å². The molecule has 3 aromatic carbocycles. The molecule has 6 rings (SSSR count). The van der Waals surface area contributed by atoms with E-state index < -0.39 is 0 Å². The first-order valence-corrected chi connectivity index (χ1v) is 13.6. The van der Waals surface area contributed by atoms with Crippen LogP contribution in [0.15, 0.2) is 85.3 Å². The Hall–Kier alpha value is -4.45. The van der Waals surface area contributed by atoms with Gasteiger partial charge in [0.15, 0.2) is 11.6 Å². The van der Waals surface area contributed by atoms with Crippen molar-refractivity contribution in [2.24, 2.45) is 7.05 Å². The minimum absolute atomic E-state index is 0.394. The van der Waals surface area contributed by atoms with Crippen LogP contribution in [0.4, 0.5) is 0 Å². The number of aromatic nitrogens is 6. The monoisotopic (exact) mass is 514 g/mol. The van der Waals surface area contributed by atoms with Gasteiger partial charge >= 0.3 is 0 Å². The molecule has 1 N–H and O–H groups in total. The number of aryl methyl sites for hydroxylation is 1. The van der Waals surface area contributed by atoms with E-state index in [-0.39, 0.29) is 0 Å². The standard InChI is InChI=1S/C33H34N6/c1-22(2)27-12-9-13-28(23(3)4)31(27)38-17-16-34-33(38)32-35-20-25(36-32)18-24-10-8-11-26(19-24)39-21-37(5)29-14-6-7-15-30(29)39/h6-17,19-20,22-23H,18H2,1-5H3,(H,35,36). The fourth-order valence-corrected chi connectivity index (χ4v) is 5.43. The van der Waals surface area contributed by atoms with E-state index >= 15 is 0 Å². The second kappa shape index (κ2) is 10.0. The minimum atomic E-state index is 0.394. The van der Waals surface area contributed by atoms with Crippen molar-refractivity contribution in [1.82, 2.24) is 24.1 Å². The first-order chi connectivity index (χ1) is 18.9. The predicted octanol–water partition coefficient (Wildman–Crippen LogP) is 6.67. The third-order valence-electron chi connectivity index (χ3n) is 7.36. The highest BCUT2D eigenvalue weighted by Gasteiger charge is 2.20. The summed E-state index contributed by atoms with van der Waals surface area (Å²) in [4.78, 5) is 13.0. The molecule has 0 amide bonds. The van der Waals surface area contributed by atoms with Crippen molar-refractivity contribution in [1.29, 1.82) is 0 Å². The van der Waals surface area contributed by atoms with Gasteiger partial charge in [0.05, 0.1) is 29.5 Å². The molecular weight excluding hydrogens is 480 g/mol. The molecule has 0 aliphatic heterocycles. The fourth-order valence-electron chi connectivity index (χ4n) is 5.43. The van der Waals surface area contributed by atoms with Crippen molar-refractivity contribution < 1.29 is 4.57 Å². The molecular formula is C33H34N6. The van der Waals surface area contributed by atoms with Crippen LogP contribution in [0.5, 0.6) is 0 Å². The molecule has 3 heterocycles. The number of hydrogen-bond donors (Lipinski definition) is 1. The van der Waals surface area contributed by atoms with E-state index in [0.29, 0.717) is 11.8 Å². The van der Waals surface area contributed by atoms with Gasteiger partial charge in [-0.3, -0.25) is 4.57 Å². The molecule has 6 heteroatoms. The molecule has 0 radical (unpaired) electrons. The number of nitrogens with zero attached hydrogens (tertiary/aromatic N) is 5. The highest BCUT2D eigenvalue weighted by atomic mass is 15.1. The second-order valence-electron chi connectivity index (χ2n) is 10.8. The van der Waals surface area contributed by atoms with Crippen molar-refractivity contribution in [3.8, 4) is 23.0 Å². The van der Waals surface area contributed by atoms with Crippen LogP contribution in [0.25, 0.3) is 34.1 Å². The number of H-pyrrole nitrogens is 1. The van der Waals surface area contributed by atoms with E-state index in [1.54, 1.807) is 0 Å². The van der Waals surface area contributed by atoms with Crippen LogP contribution < -0.4 is 4.57 Å². The Kier molecular flexibility index (Phi) is 6.39. The first kappa shape index (κ1) is 24.9. The van der Waals surface area contributed by atoms with E-state index in [0.717, 1.165) is 40.5 Å². The van der Waals surface area contributed by atoms with Gasteiger partial charge in [0.2, 0.25) is 6.33 Å². The maximum atomic E-state index is 4.76. The lowest BCUT2D eigenvalue weighted by Gasteiger charge is -2.21. The van der Waals surface area contributed by atoms with Crippen LogP contribution in [0.1, 0.15) is 61.9 Å². The lowest BCUT2D eigenvalue weighted by Crippen LogP contribution is -2.26. The molecule has 6 aromatic rings. The van der Waals surface area contributed by atoms with E-state index in [9.17, 15) is 0 Å². The van der Waals surface area contributed by atoms with Gasteiger partial charge in [0.1, 0.15) is 0 Å². The number of rotatable bonds is 7. The fraction of sp³-hybridized carbons (Fsp3) is 0.242. The van der Waals surface area contributed by atoms with Crippen molar-refractivity contribution in [3.63, 3.8) is 0 Å². The zero-order valence-electron chi connectivity index (χ0n) is 23.2. The van der Waals surface area contributed by atoms with Gasteiger partial charge < -0.3 is 14.1 Å². The Morgan fingerprint density at radius 3 is 2.41 bits per heavy atom. The van der Waals surface area contributed by atoms with Gasteiger partial charge in [-0.15, -0.1) is 0 Å². The van der Waals surface area contributed by atoms with Gasteiger partial charge in [-0.25, -0.2) is 9.97 Å².